The van der Waals surface area contributed by atoms with Gasteiger partial charge < -0.3 is 0 Å². The Morgan fingerprint density at radius 3 is 2.39 bits per heavy atom. The van der Waals surface area contributed by atoms with E-state index < -0.39 is 27.5 Å². The van der Waals surface area contributed by atoms with Crippen LogP contribution >= 0.6 is 57.9 Å². The Kier molecular flexibility index (Phi) is 7.53. The van der Waals surface area contributed by atoms with E-state index in [9.17, 15) is 26.4 Å². The topological polar surface area (TPSA) is 76.1 Å². The van der Waals surface area contributed by atoms with Gasteiger partial charge in [-0.05, 0) is 55.5 Å². The fraction of sp³-hybridized carbons (Fsp3) is 0.0909. The fourth-order valence-corrected chi connectivity index (χ4v) is 7.43. The first kappa shape index (κ1) is 27.0. The molecule has 0 aliphatic heterocycles. The minimum Gasteiger partial charge on any atom is -0.294 e. The van der Waals surface area contributed by atoms with E-state index in [-0.39, 0.29) is 41.6 Å². The second kappa shape index (κ2) is 10.0. The Labute approximate surface area is 226 Å². The van der Waals surface area contributed by atoms with Gasteiger partial charge in [0.2, 0.25) is 0 Å². The van der Waals surface area contributed by atoms with Crippen LogP contribution in [-0.4, -0.2) is 19.2 Å². The number of alkyl halides is 3. The highest BCUT2D eigenvalue weighted by Crippen LogP contribution is 2.42. The van der Waals surface area contributed by atoms with Crippen molar-refractivity contribution >= 4 is 89.6 Å². The van der Waals surface area contributed by atoms with Crippen LogP contribution in [0.3, 0.4) is 0 Å². The normalized spacial score (nSPS) is 12.2. The second-order valence-corrected chi connectivity index (χ2v) is 12.5. The van der Waals surface area contributed by atoms with Crippen molar-refractivity contribution in [3.05, 3.63) is 74.7 Å². The summed E-state index contributed by atoms with van der Waals surface area (Å²) in [4.78, 5) is 16.7. The number of thiazole rings is 1. The summed E-state index contributed by atoms with van der Waals surface area (Å²) in [6, 6.07) is 9.75. The van der Waals surface area contributed by atoms with Crippen LogP contribution in [0.15, 0.2) is 62.7 Å². The number of carbonyl (C=O) groups excluding carboxylic acids is 1. The first-order valence-corrected chi connectivity index (χ1v) is 14.0. The van der Waals surface area contributed by atoms with Gasteiger partial charge in [-0.3, -0.25) is 9.52 Å². The number of halogens is 6. The number of sulfonamides is 1. The van der Waals surface area contributed by atoms with Gasteiger partial charge in [-0.15, -0.1) is 11.3 Å². The average Bonchev–Trinajstić information content (AvgIpc) is 3.15. The second-order valence-electron chi connectivity index (χ2n) is 7.33. The largest absolute Gasteiger partial charge is 0.416 e. The van der Waals surface area contributed by atoms with Crippen LogP contribution in [0.25, 0.3) is 10.2 Å². The number of Topliss-reactive ketones (excluding diaryl/α,β-unsaturated/α-hetero) is 1. The third kappa shape index (κ3) is 5.76. The van der Waals surface area contributed by atoms with E-state index in [1.807, 2.05) is 0 Å². The standard InChI is InChI=1S/C22H12Cl3F3N2O3S3/c1-10(31)14-8-13(30-36(32,33)19-5-3-12(23)7-15(19)24)9-16(25)20(14)35-21-29-17-6-11(22(26,27)28)2-4-18(17)34-21/h2-9,30H,1H3. The van der Waals surface area contributed by atoms with Gasteiger partial charge in [0.05, 0.1) is 31.5 Å². The molecule has 0 atom stereocenters. The maximum Gasteiger partial charge on any atom is 0.416 e. The number of aromatic nitrogens is 1. The highest BCUT2D eigenvalue weighted by molar-refractivity contribution is 8.01. The molecular formula is C22H12Cl3F3N2O3S3. The molecule has 4 aromatic rings. The SMILES string of the molecule is CC(=O)c1cc(NS(=O)(=O)c2ccc(Cl)cc2Cl)cc(Cl)c1Sc1nc2cc(C(F)(F)F)ccc2s1. The number of rotatable bonds is 6. The molecule has 0 amide bonds. The smallest absolute Gasteiger partial charge is 0.294 e. The number of hydrogen-bond donors (Lipinski definition) is 1. The first-order chi connectivity index (χ1) is 16.7. The van der Waals surface area contributed by atoms with E-state index in [0.717, 1.165) is 35.2 Å². The summed E-state index contributed by atoms with van der Waals surface area (Å²) in [5.41, 5.74) is -0.555. The number of hydrogen-bond acceptors (Lipinski definition) is 6. The summed E-state index contributed by atoms with van der Waals surface area (Å²) in [5, 5.41) is 0.208. The molecule has 0 aliphatic carbocycles. The predicted octanol–water partition coefficient (Wildman–Crippen LogP) is 8.43. The van der Waals surface area contributed by atoms with Crippen molar-refractivity contribution in [3.63, 3.8) is 0 Å². The van der Waals surface area contributed by atoms with E-state index in [1.54, 1.807) is 0 Å². The molecule has 0 spiro atoms. The zero-order chi connectivity index (χ0) is 26.4. The van der Waals surface area contributed by atoms with Crippen LogP contribution in [0.1, 0.15) is 22.8 Å². The fourth-order valence-electron chi connectivity index (χ4n) is 3.13. The molecule has 4 rings (SSSR count). The van der Waals surface area contributed by atoms with E-state index in [4.69, 9.17) is 34.8 Å². The summed E-state index contributed by atoms with van der Waals surface area (Å²) in [5.74, 6) is -0.412. The number of ketones is 1. The van der Waals surface area contributed by atoms with E-state index in [0.29, 0.717) is 9.04 Å². The molecule has 5 nitrogen and oxygen atoms in total. The lowest BCUT2D eigenvalue weighted by atomic mass is 10.1. The van der Waals surface area contributed by atoms with Gasteiger partial charge in [0, 0.05) is 15.5 Å². The van der Waals surface area contributed by atoms with Crippen LogP contribution < -0.4 is 4.72 Å². The Balaban J connectivity index is 1.69. The molecule has 0 unspecified atom stereocenters. The number of nitrogens with zero attached hydrogens (tertiary/aromatic N) is 1. The average molecular weight is 612 g/mol. The molecule has 0 aliphatic rings. The molecular weight excluding hydrogens is 600 g/mol. The highest BCUT2D eigenvalue weighted by atomic mass is 35.5. The minimum absolute atomic E-state index is 0.0136. The number of anilines is 1. The molecule has 1 heterocycles. The highest BCUT2D eigenvalue weighted by Gasteiger charge is 2.31. The van der Waals surface area contributed by atoms with Gasteiger partial charge >= 0.3 is 6.18 Å². The maximum atomic E-state index is 13.0. The molecule has 1 aromatic heterocycles. The Morgan fingerprint density at radius 1 is 1.03 bits per heavy atom. The van der Waals surface area contributed by atoms with E-state index in [2.05, 4.69) is 9.71 Å². The van der Waals surface area contributed by atoms with Crippen LogP contribution in [0.5, 0.6) is 0 Å². The van der Waals surface area contributed by atoms with Crippen molar-refractivity contribution in [2.45, 2.75) is 27.2 Å². The van der Waals surface area contributed by atoms with Gasteiger partial charge in [-0.25, -0.2) is 13.4 Å². The molecule has 14 heteroatoms. The summed E-state index contributed by atoms with van der Waals surface area (Å²) in [7, 11) is -4.14. The zero-order valence-corrected chi connectivity index (χ0v) is 22.5. The molecule has 36 heavy (non-hydrogen) atoms. The van der Waals surface area contributed by atoms with E-state index >= 15 is 0 Å². The van der Waals surface area contributed by atoms with Crippen LogP contribution in [-0.2, 0) is 16.2 Å². The molecule has 188 valence electrons. The summed E-state index contributed by atoms with van der Waals surface area (Å²) in [6.45, 7) is 1.28. The van der Waals surface area contributed by atoms with Crippen molar-refractivity contribution < 1.29 is 26.4 Å². The van der Waals surface area contributed by atoms with Crippen molar-refractivity contribution in [1.29, 1.82) is 0 Å². The van der Waals surface area contributed by atoms with Gasteiger partial charge in [0.15, 0.2) is 10.1 Å². The lowest BCUT2D eigenvalue weighted by Crippen LogP contribution is -2.14. The van der Waals surface area contributed by atoms with Crippen LogP contribution in [0.2, 0.25) is 15.1 Å². The number of carbonyl (C=O) groups is 1. The third-order valence-electron chi connectivity index (χ3n) is 4.74. The number of benzene rings is 3. The molecule has 0 radical (unpaired) electrons. The molecule has 0 saturated heterocycles. The summed E-state index contributed by atoms with van der Waals surface area (Å²) >= 11 is 20.4. The lowest BCUT2D eigenvalue weighted by molar-refractivity contribution is -0.137. The molecule has 0 fully saturated rings. The molecule has 0 bridgehead atoms. The molecule has 0 saturated carbocycles. The van der Waals surface area contributed by atoms with Crippen molar-refractivity contribution in [2.75, 3.05) is 4.72 Å². The molecule has 3 aromatic carbocycles. The zero-order valence-electron chi connectivity index (χ0n) is 17.8. The van der Waals surface area contributed by atoms with Crippen LogP contribution in [0, 0.1) is 0 Å². The first-order valence-electron chi connectivity index (χ1n) is 9.72. The monoisotopic (exact) mass is 610 g/mol. The maximum absolute atomic E-state index is 13.0. The molecule has 1 N–H and O–H groups in total. The minimum atomic E-state index is -4.50. The number of fused-ring (bicyclic) bond motifs is 1. The van der Waals surface area contributed by atoms with Gasteiger partial charge in [0.1, 0.15) is 4.90 Å². The van der Waals surface area contributed by atoms with Crippen molar-refractivity contribution in [3.8, 4) is 0 Å². The Morgan fingerprint density at radius 2 is 1.75 bits per heavy atom. The predicted molar refractivity (Wildman–Crippen MR) is 137 cm³/mol. The Bertz CT molecular complexity index is 1620. The van der Waals surface area contributed by atoms with Crippen LogP contribution in [0.4, 0.5) is 18.9 Å². The number of nitrogens with one attached hydrogen (secondary N) is 1. The quantitative estimate of drug-likeness (QED) is 0.222. The summed E-state index contributed by atoms with van der Waals surface area (Å²) in [6.07, 6.45) is -4.50. The third-order valence-corrected chi connectivity index (χ3v) is 9.49. The van der Waals surface area contributed by atoms with Gasteiger partial charge in [-0.1, -0.05) is 46.6 Å². The Hall–Kier alpha value is -2.02. The van der Waals surface area contributed by atoms with Crippen molar-refractivity contribution in [2.24, 2.45) is 0 Å². The van der Waals surface area contributed by atoms with E-state index in [1.165, 1.54) is 43.3 Å². The van der Waals surface area contributed by atoms with Gasteiger partial charge in [-0.2, -0.15) is 13.2 Å². The van der Waals surface area contributed by atoms with Gasteiger partial charge in [0.25, 0.3) is 10.0 Å². The summed E-state index contributed by atoms with van der Waals surface area (Å²) < 4.78 is 68.0. The van der Waals surface area contributed by atoms with Crippen molar-refractivity contribution in [1.82, 2.24) is 4.98 Å². The lowest BCUT2D eigenvalue weighted by Gasteiger charge is -2.14.